The van der Waals surface area contributed by atoms with Crippen LogP contribution in [0, 0.1) is 0 Å². The SMILES string of the molecule is COC(=O)C1(N)CCC(N2CCCCCCC2)C1. The summed E-state index contributed by atoms with van der Waals surface area (Å²) >= 11 is 0. The van der Waals surface area contributed by atoms with Crippen molar-refractivity contribution < 1.29 is 9.53 Å². The number of esters is 1. The molecular weight excluding hydrogens is 228 g/mol. The highest BCUT2D eigenvalue weighted by atomic mass is 16.5. The van der Waals surface area contributed by atoms with Gasteiger partial charge in [-0.25, -0.2) is 0 Å². The van der Waals surface area contributed by atoms with E-state index in [1.54, 1.807) is 0 Å². The van der Waals surface area contributed by atoms with Gasteiger partial charge in [-0.05, 0) is 45.2 Å². The van der Waals surface area contributed by atoms with E-state index in [1.807, 2.05) is 0 Å². The van der Waals surface area contributed by atoms with Gasteiger partial charge in [0, 0.05) is 6.04 Å². The Morgan fingerprint density at radius 1 is 1.22 bits per heavy atom. The molecule has 2 atom stereocenters. The highest BCUT2D eigenvalue weighted by Gasteiger charge is 2.44. The van der Waals surface area contributed by atoms with Crippen LogP contribution in [0.25, 0.3) is 0 Å². The van der Waals surface area contributed by atoms with Crippen LogP contribution in [-0.2, 0) is 9.53 Å². The lowest BCUT2D eigenvalue weighted by molar-refractivity contribution is -0.147. The minimum atomic E-state index is -0.734. The number of ether oxygens (including phenoxy) is 1. The molecule has 4 nitrogen and oxygen atoms in total. The average molecular weight is 254 g/mol. The molecule has 1 saturated heterocycles. The zero-order valence-corrected chi connectivity index (χ0v) is 11.5. The molecule has 0 bridgehead atoms. The van der Waals surface area contributed by atoms with Gasteiger partial charge in [-0.3, -0.25) is 4.79 Å². The van der Waals surface area contributed by atoms with E-state index in [9.17, 15) is 4.79 Å². The van der Waals surface area contributed by atoms with Gasteiger partial charge in [0.25, 0.3) is 0 Å². The molecule has 104 valence electrons. The summed E-state index contributed by atoms with van der Waals surface area (Å²) in [5.41, 5.74) is 5.44. The Bertz CT molecular complexity index is 288. The topological polar surface area (TPSA) is 55.6 Å². The average Bonchev–Trinajstić information content (AvgIpc) is 2.72. The Balaban J connectivity index is 1.92. The first kappa shape index (κ1) is 13.8. The molecule has 1 aliphatic heterocycles. The molecule has 18 heavy (non-hydrogen) atoms. The summed E-state index contributed by atoms with van der Waals surface area (Å²) in [5.74, 6) is -0.239. The second-order valence-corrected chi connectivity index (χ2v) is 5.85. The van der Waals surface area contributed by atoms with Crippen molar-refractivity contribution in [1.29, 1.82) is 0 Å². The summed E-state index contributed by atoms with van der Waals surface area (Å²) in [4.78, 5) is 14.3. The third-order valence-corrected chi connectivity index (χ3v) is 4.52. The zero-order chi connectivity index (χ0) is 13.0. The lowest BCUT2D eigenvalue weighted by Gasteiger charge is -2.31. The molecule has 0 spiro atoms. The Labute approximate surface area is 110 Å². The first-order valence-corrected chi connectivity index (χ1v) is 7.27. The Morgan fingerprint density at radius 2 is 1.83 bits per heavy atom. The molecular formula is C14H26N2O2. The molecule has 0 aromatic rings. The van der Waals surface area contributed by atoms with Crippen molar-refractivity contribution in [1.82, 2.24) is 4.90 Å². The minimum absolute atomic E-state index is 0.239. The second-order valence-electron chi connectivity index (χ2n) is 5.85. The van der Waals surface area contributed by atoms with Crippen molar-refractivity contribution >= 4 is 5.97 Å². The molecule has 1 aliphatic carbocycles. The van der Waals surface area contributed by atoms with E-state index in [0.29, 0.717) is 6.04 Å². The smallest absolute Gasteiger partial charge is 0.325 e. The number of carbonyl (C=O) groups is 1. The molecule has 0 aromatic heterocycles. The number of hydrogen-bond donors (Lipinski definition) is 1. The fraction of sp³-hybridized carbons (Fsp3) is 0.929. The van der Waals surface area contributed by atoms with Crippen LogP contribution in [0.5, 0.6) is 0 Å². The van der Waals surface area contributed by atoms with Gasteiger partial charge in [0.1, 0.15) is 5.54 Å². The van der Waals surface area contributed by atoms with Crippen molar-refractivity contribution in [2.75, 3.05) is 20.2 Å². The minimum Gasteiger partial charge on any atom is -0.468 e. The Hall–Kier alpha value is -0.610. The maximum absolute atomic E-state index is 11.7. The standard InChI is InChI=1S/C14H26N2O2/c1-18-13(17)14(15)8-7-12(11-14)16-9-5-3-2-4-6-10-16/h12H,2-11,15H2,1H3. The summed E-state index contributed by atoms with van der Waals surface area (Å²) in [6.07, 6.45) is 9.19. The van der Waals surface area contributed by atoms with Crippen LogP contribution in [-0.4, -0.2) is 42.6 Å². The molecule has 2 unspecified atom stereocenters. The van der Waals surface area contributed by atoms with Gasteiger partial charge in [-0.2, -0.15) is 0 Å². The molecule has 2 aliphatic rings. The van der Waals surface area contributed by atoms with Crippen molar-refractivity contribution in [3.63, 3.8) is 0 Å². The van der Waals surface area contributed by atoms with Gasteiger partial charge in [0.15, 0.2) is 0 Å². The summed E-state index contributed by atoms with van der Waals surface area (Å²) in [5, 5.41) is 0. The van der Waals surface area contributed by atoms with E-state index in [-0.39, 0.29) is 5.97 Å². The van der Waals surface area contributed by atoms with Crippen LogP contribution in [0.1, 0.15) is 51.4 Å². The largest absolute Gasteiger partial charge is 0.468 e. The van der Waals surface area contributed by atoms with Crippen LogP contribution < -0.4 is 5.73 Å². The quantitative estimate of drug-likeness (QED) is 0.762. The molecule has 2 fully saturated rings. The Kier molecular flexibility index (Phi) is 4.62. The molecule has 4 heteroatoms. The summed E-state index contributed by atoms with van der Waals surface area (Å²) in [7, 11) is 1.43. The number of methoxy groups -OCH3 is 1. The predicted molar refractivity (Wildman–Crippen MR) is 71.2 cm³/mol. The van der Waals surface area contributed by atoms with E-state index in [1.165, 1.54) is 52.3 Å². The number of carbonyl (C=O) groups excluding carboxylic acids is 1. The predicted octanol–water partition coefficient (Wildman–Crippen LogP) is 1.68. The Morgan fingerprint density at radius 3 is 2.44 bits per heavy atom. The fourth-order valence-corrected chi connectivity index (χ4v) is 3.39. The molecule has 0 aromatic carbocycles. The number of rotatable bonds is 2. The van der Waals surface area contributed by atoms with Crippen LogP contribution in [0.15, 0.2) is 0 Å². The summed E-state index contributed by atoms with van der Waals surface area (Å²) < 4.78 is 4.84. The zero-order valence-electron chi connectivity index (χ0n) is 11.5. The normalized spacial score (nSPS) is 34.9. The van der Waals surface area contributed by atoms with Gasteiger partial charge in [-0.1, -0.05) is 19.3 Å². The monoisotopic (exact) mass is 254 g/mol. The van der Waals surface area contributed by atoms with Crippen molar-refractivity contribution in [3.8, 4) is 0 Å². The number of nitrogens with two attached hydrogens (primary N) is 1. The molecule has 0 radical (unpaired) electrons. The van der Waals surface area contributed by atoms with Crippen molar-refractivity contribution in [3.05, 3.63) is 0 Å². The van der Waals surface area contributed by atoms with Gasteiger partial charge >= 0.3 is 5.97 Å². The fourth-order valence-electron chi connectivity index (χ4n) is 3.39. The highest BCUT2D eigenvalue weighted by molar-refractivity contribution is 5.81. The van der Waals surface area contributed by atoms with Gasteiger partial charge in [-0.15, -0.1) is 0 Å². The van der Waals surface area contributed by atoms with E-state index < -0.39 is 5.54 Å². The molecule has 1 saturated carbocycles. The van der Waals surface area contributed by atoms with Crippen molar-refractivity contribution in [2.24, 2.45) is 5.73 Å². The number of likely N-dealkylation sites (tertiary alicyclic amines) is 1. The van der Waals surface area contributed by atoms with E-state index in [2.05, 4.69) is 4.90 Å². The van der Waals surface area contributed by atoms with Gasteiger partial charge < -0.3 is 15.4 Å². The first-order chi connectivity index (χ1) is 8.65. The maximum Gasteiger partial charge on any atom is 0.325 e. The van der Waals surface area contributed by atoms with E-state index >= 15 is 0 Å². The first-order valence-electron chi connectivity index (χ1n) is 7.27. The third kappa shape index (κ3) is 3.04. The van der Waals surface area contributed by atoms with Gasteiger partial charge in [0.2, 0.25) is 0 Å². The highest BCUT2D eigenvalue weighted by Crippen LogP contribution is 2.33. The van der Waals surface area contributed by atoms with Crippen LogP contribution >= 0.6 is 0 Å². The lowest BCUT2D eigenvalue weighted by atomic mass is 9.98. The summed E-state index contributed by atoms with van der Waals surface area (Å²) in [6.45, 7) is 2.34. The molecule has 2 N–H and O–H groups in total. The lowest BCUT2D eigenvalue weighted by Crippen LogP contribution is -2.48. The number of hydrogen-bond acceptors (Lipinski definition) is 4. The molecule has 1 heterocycles. The van der Waals surface area contributed by atoms with Crippen LogP contribution in [0.4, 0.5) is 0 Å². The number of nitrogens with zero attached hydrogens (tertiary/aromatic N) is 1. The van der Waals surface area contributed by atoms with Crippen molar-refractivity contribution in [2.45, 2.75) is 62.9 Å². The van der Waals surface area contributed by atoms with Crippen LogP contribution in [0.3, 0.4) is 0 Å². The molecule has 0 amide bonds. The van der Waals surface area contributed by atoms with Crippen LogP contribution in [0.2, 0.25) is 0 Å². The third-order valence-electron chi connectivity index (χ3n) is 4.52. The van der Waals surface area contributed by atoms with Gasteiger partial charge in [0.05, 0.1) is 7.11 Å². The second kappa shape index (κ2) is 6.02. The van der Waals surface area contributed by atoms with E-state index in [4.69, 9.17) is 10.5 Å². The summed E-state index contributed by atoms with van der Waals surface area (Å²) in [6, 6.07) is 0.479. The van der Waals surface area contributed by atoms with E-state index in [0.717, 1.165) is 19.3 Å². The molecule has 2 rings (SSSR count). The maximum atomic E-state index is 11.7.